The van der Waals surface area contributed by atoms with Gasteiger partial charge in [0.15, 0.2) is 0 Å². The topological polar surface area (TPSA) is 21.3 Å². The molecule has 96 valence electrons. The molecule has 2 atom stereocenters. The van der Waals surface area contributed by atoms with Crippen LogP contribution in [0.5, 0.6) is 5.75 Å². The molecule has 0 saturated carbocycles. The van der Waals surface area contributed by atoms with Crippen LogP contribution in [0.3, 0.4) is 0 Å². The van der Waals surface area contributed by atoms with Crippen LogP contribution in [0.2, 0.25) is 5.02 Å². The highest BCUT2D eigenvalue weighted by atomic mass is 35.5. The first-order valence-electron chi connectivity index (χ1n) is 6.13. The van der Waals surface area contributed by atoms with Crippen molar-refractivity contribution in [3.63, 3.8) is 0 Å². The van der Waals surface area contributed by atoms with E-state index in [1.54, 1.807) is 7.11 Å². The Balaban J connectivity index is 2.88. The molecule has 0 aliphatic heterocycles. The molecule has 0 aliphatic carbocycles. The second-order valence-electron chi connectivity index (χ2n) is 4.48. The van der Waals surface area contributed by atoms with Crippen LogP contribution in [0.15, 0.2) is 18.2 Å². The van der Waals surface area contributed by atoms with Gasteiger partial charge in [-0.25, -0.2) is 0 Å². The van der Waals surface area contributed by atoms with E-state index < -0.39 is 0 Å². The summed E-state index contributed by atoms with van der Waals surface area (Å²) in [5.74, 6) is 1.49. The maximum Gasteiger partial charge on any atom is 0.120 e. The summed E-state index contributed by atoms with van der Waals surface area (Å²) >= 11 is 6.29. The van der Waals surface area contributed by atoms with Gasteiger partial charge >= 0.3 is 0 Å². The Morgan fingerprint density at radius 1 is 1.41 bits per heavy atom. The first kappa shape index (κ1) is 14.3. The predicted octanol–water partition coefficient (Wildman–Crippen LogP) is 4.05. The normalized spacial score (nSPS) is 14.4. The summed E-state index contributed by atoms with van der Waals surface area (Å²) in [6, 6.07) is 6.19. The first-order valence-corrected chi connectivity index (χ1v) is 6.50. The van der Waals surface area contributed by atoms with E-state index in [9.17, 15) is 0 Å². The molecule has 17 heavy (non-hydrogen) atoms. The largest absolute Gasteiger partial charge is 0.497 e. The maximum absolute atomic E-state index is 6.29. The number of nitrogens with one attached hydrogen (secondary N) is 1. The fourth-order valence-electron chi connectivity index (χ4n) is 1.89. The zero-order chi connectivity index (χ0) is 12.8. The van der Waals surface area contributed by atoms with Gasteiger partial charge in [-0.3, -0.25) is 0 Å². The standard InChI is InChI=1S/C14H22ClNO/c1-5-10(2)8-14(16-3)12-7-6-11(17-4)9-13(12)15/h6-7,9-10,14,16H,5,8H2,1-4H3. The minimum Gasteiger partial charge on any atom is -0.497 e. The molecule has 2 unspecified atom stereocenters. The second kappa shape index (κ2) is 6.87. The molecular weight excluding hydrogens is 234 g/mol. The fraction of sp³-hybridized carbons (Fsp3) is 0.571. The summed E-state index contributed by atoms with van der Waals surface area (Å²) in [6.45, 7) is 4.48. The lowest BCUT2D eigenvalue weighted by Gasteiger charge is -2.21. The van der Waals surface area contributed by atoms with Crippen molar-refractivity contribution in [2.45, 2.75) is 32.7 Å². The average molecular weight is 256 g/mol. The molecule has 0 radical (unpaired) electrons. The molecule has 0 aromatic heterocycles. The number of halogens is 1. The van der Waals surface area contributed by atoms with Crippen molar-refractivity contribution in [2.75, 3.05) is 14.2 Å². The minimum atomic E-state index is 0.309. The van der Waals surface area contributed by atoms with E-state index in [2.05, 4.69) is 19.2 Å². The Bertz CT molecular complexity index is 354. The molecule has 0 heterocycles. The van der Waals surface area contributed by atoms with Gasteiger partial charge < -0.3 is 10.1 Å². The number of methoxy groups -OCH3 is 1. The van der Waals surface area contributed by atoms with Gasteiger partial charge in [0.05, 0.1) is 7.11 Å². The molecule has 1 rings (SSSR count). The van der Waals surface area contributed by atoms with E-state index in [-0.39, 0.29) is 0 Å². The zero-order valence-electron chi connectivity index (χ0n) is 11.1. The van der Waals surface area contributed by atoms with E-state index in [0.717, 1.165) is 22.8 Å². The molecular formula is C14H22ClNO. The van der Waals surface area contributed by atoms with Crippen LogP contribution in [0.25, 0.3) is 0 Å². The molecule has 0 aliphatic rings. The van der Waals surface area contributed by atoms with Crippen LogP contribution in [0, 0.1) is 5.92 Å². The van der Waals surface area contributed by atoms with Gasteiger partial charge in [0.2, 0.25) is 0 Å². The minimum absolute atomic E-state index is 0.309. The van der Waals surface area contributed by atoms with Crippen LogP contribution in [0.4, 0.5) is 0 Å². The Hall–Kier alpha value is -0.730. The van der Waals surface area contributed by atoms with Crippen molar-refractivity contribution in [1.29, 1.82) is 0 Å². The monoisotopic (exact) mass is 255 g/mol. The predicted molar refractivity (Wildman–Crippen MR) is 73.9 cm³/mol. The molecule has 0 amide bonds. The molecule has 1 N–H and O–H groups in total. The van der Waals surface area contributed by atoms with Crippen LogP contribution in [-0.4, -0.2) is 14.2 Å². The van der Waals surface area contributed by atoms with Crippen molar-refractivity contribution < 1.29 is 4.74 Å². The molecule has 0 saturated heterocycles. The van der Waals surface area contributed by atoms with Gasteiger partial charge in [-0.15, -0.1) is 0 Å². The number of hydrogen-bond donors (Lipinski definition) is 1. The summed E-state index contributed by atoms with van der Waals surface area (Å²) in [5.41, 5.74) is 1.15. The fourth-order valence-corrected chi connectivity index (χ4v) is 2.19. The quantitative estimate of drug-likeness (QED) is 0.828. The Kier molecular flexibility index (Phi) is 5.79. The first-order chi connectivity index (χ1) is 8.12. The third-order valence-electron chi connectivity index (χ3n) is 3.27. The lowest BCUT2D eigenvalue weighted by molar-refractivity contribution is 0.411. The third-order valence-corrected chi connectivity index (χ3v) is 3.59. The smallest absolute Gasteiger partial charge is 0.120 e. The molecule has 0 fully saturated rings. The molecule has 2 nitrogen and oxygen atoms in total. The lowest BCUT2D eigenvalue weighted by atomic mass is 9.94. The van der Waals surface area contributed by atoms with Crippen LogP contribution >= 0.6 is 11.6 Å². The van der Waals surface area contributed by atoms with Gasteiger partial charge in [-0.1, -0.05) is 37.9 Å². The van der Waals surface area contributed by atoms with Crippen molar-refractivity contribution in [1.82, 2.24) is 5.32 Å². The van der Waals surface area contributed by atoms with E-state index >= 15 is 0 Å². The Labute approximate surface area is 109 Å². The van der Waals surface area contributed by atoms with Gasteiger partial charge in [0.1, 0.15) is 5.75 Å². The van der Waals surface area contributed by atoms with Crippen molar-refractivity contribution >= 4 is 11.6 Å². The average Bonchev–Trinajstić information content (AvgIpc) is 2.35. The summed E-state index contributed by atoms with van der Waals surface area (Å²) < 4.78 is 5.16. The van der Waals surface area contributed by atoms with Crippen LogP contribution < -0.4 is 10.1 Å². The summed E-state index contributed by atoms with van der Waals surface area (Å²) in [6.07, 6.45) is 2.28. The van der Waals surface area contributed by atoms with E-state index in [1.165, 1.54) is 6.42 Å². The van der Waals surface area contributed by atoms with E-state index in [0.29, 0.717) is 12.0 Å². The number of rotatable bonds is 6. The van der Waals surface area contributed by atoms with Gasteiger partial charge in [-0.05, 0) is 37.1 Å². The number of ether oxygens (including phenoxy) is 1. The number of hydrogen-bond acceptors (Lipinski definition) is 2. The molecule has 0 bridgehead atoms. The highest BCUT2D eigenvalue weighted by Gasteiger charge is 2.15. The van der Waals surface area contributed by atoms with Crippen molar-refractivity contribution in [3.8, 4) is 5.75 Å². The highest BCUT2D eigenvalue weighted by molar-refractivity contribution is 6.31. The Morgan fingerprint density at radius 3 is 2.59 bits per heavy atom. The van der Waals surface area contributed by atoms with Gasteiger partial charge in [-0.2, -0.15) is 0 Å². The van der Waals surface area contributed by atoms with Crippen LogP contribution in [-0.2, 0) is 0 Å². The third kappa shape index (κ3) is 3.90. The van der Waals surface area contributed by atoms with Crippen molar-refractivity contribution in [2.24, 2.45) is 5.92 Å². The van der Waals surface area contributed by atoms with Gasteiger partial charge in [0, 0.05) is 11.1 Å². The summed E-state index contributed by atoms with van der Waals surface area (Å²) in [7, 11) is 3.63. The van der Waals surface area contributed by atoms with E-state index in [1.807, 2.05) is 25.2 Å². The van der Waals surface area contributed by atoms with Crippen molar-refractivity contribution in [3.05, 3.63) is 28.8 Å². The molecule has 1 aromatic rings. The second-order valence-corrected chi connectivity index (χ2v) is 4.89. The summed E-state index contributed by atoms with van der Waals surface area (Å²) in [4.78, 5) is 0. The highest BCUT2D eigenvalue weighted by Crippen LogP contribution is 2.31. The Morgan fingerprint density at radius 2 is 2.12 bits per heavy atom. The SMILES string of the molecule is CCC(C)CC(NC)c1ccc(OC)cc1Cl. The van der Waals surface area contributed by atoms with Crippen LogP contribution in [0.1, 0.15) is 38.3 Å². The molecule has 0 spiro atoms. The number of benzene rings is 1. The lowest BCUT2D eigenvalue weighted by Crippen LogP contribution is -2.19. The van der Waals surface area contributed by atoms with Gasteiger partial charge in [0.25, 0.3) is 0 Å². The molecule has 1 aromatic carbocycles. The molecule has 3 heteroatoms. The zero-order valence-corrected chi connectivity index (χ0v) is 11.8. The maximum atomic E-state index is 6.29. The summed E-state index contributed by atoms with van der Waals surface area (Å²) in [5, 5.41) is 4.11. The van der Waals surface area contributed by atoms with E-state index in [4.69, 9.17) is 16.3 Å².